The first-order chi connectivity index (χ1) is 9.06. The lowest BCUT2D eigenvalue weighted by Gasteiger charge is -2.26. The highest BCUT2D eigenvalue weighted by Gasteiger charge is 2.43. The number of nitrogens with zero attached hydrogens (tertiary/aromatic N) is 2. The van der Waals surface area contributed by atoms with Crippen LogP contribution in [0.1, 0.15) is 25.2 Å². The van der Waals surface area contributed by atoms with Gasteiger partial charge in [0, 0.05) is 12.6 Å². The van der Waals surface area contributed by atoms with E-state index in [0.29, 0.717) is 13.2 Å². The van der Waals surface area contributed by atoms with Crippen molar-refractivity contribution in [3.05, 3.63) is 29.6 Å². The van der Waals surface area contributed by atoms with E-state index in [-0.39, 0.29) is 11.5 Å². The molecule has 1 aliphatic heterocycles. The number of hydrogen-bond acceptors (Lipinski definition) is 3. The quantitative estimate of drug-likeness (QED) is 0.897. The Morgan fingerprint density at radius 1 is 1.53 bits per heavy atom. The molecule has 19 heavy (non-hydrogen) atoms. The maximum Gasteiger partial charge on any atom is 0.119 e. The van der Waals surface area contributed by atoms with Crippen molar-refractivity contribution in [1.29, 1.82) is 0 Å². The zero-order valence-corrected chi connectivity index (χ0v) is 11.8. The topological polar surface area (TPSA) is 53.1 Å². The van der Waals surface area contributed by atoms with Crippen molar-refractivity contribution in [3.8, 4) is 0 Å². The third kappa shape index (κ3) is 1.78. The molecule has 0 bridgehead atoms. The molecule has 0 spiro atoms. The average molecular weight is 259 g/mol. The van der Waals surface area contributed by atoms with Gasteiger partial charge in [-0.2, -0.15) is 0 Å². The Morgan fingerprint density at radius 3 is 2.95 bits per heavy atom. The lowest BCUT2D eigenvalue weighted by atomic mass is 9.85. The summed E-state index contributed by atoms with van der Waals surface area (Å²) in [7, 11) is 0. The van der Waals surface area contributed by atoms with E-state index in [9.17, 15) is 0 Å². The van der Waals surface area contributed by atoms with Crippen molar-refractivity contribution in [2.45, 2.75) is 38.8 Å². The zero-order valence-electron chi connectivity index (χ0n) is 11.8. The van der Waals surface area contributed by atoms with Crippen LogP contribution < -0.4 is 5.73 Å². The van der Waals surface area contributed by atoms with E-state index in [0.717, 1.165) is 17.9 Å². The maximum atomic E-state index is 6.24. The Morgan fingerprint density at radius 2 is 2.32 bits per heavy atom. The maximum absolute atomic E-state index is 6.24. The molecule has 1 aromatic heterocycles. The van der Waals surface area contributed by atoms with Gasteiger partial charge in [0.2, 0.25) is 0 Å². The predicted molar refractivity (Wildman–Crippen MR) is 76.3 cm³/mol. The molecular formula is C15H21N3O. The van der Waals surface area contributed by atoms with Crippen LogP contribution in [0.15, 0.2) is 18.2 Å². The number of nitrogens with two attached hydrogens (primary N) is 1. The van der Waals surface area contributed by atoms with E-state index in [1.165, 1.54) is 11.1 Å². The van der Waals surface area contributed by atoms with Gasteiger partial charge >= 0.3 is 0 Å². The van der Waals surface area contributed by atoms with Crippen LogP contribution in [0.5, 0.6) is 0 Å². The number of rotatable bonds is 2. The fourth-order valence-electron chi connectivity index (χ4n) is 2.92. The Hall–Kier alpha value is -1.39. The monoisotopic (exact) mass is 259 g/mol. The number of fused-ring (bicyclic) bond motifs is 1. The molecule has 4 nitrogen and oxygen atoms in total. The van der Waals surface area contributed by atoms with Gasteiger partial charge in [-0.1, -0.05) is 6.07 Å². The van der Waals surface area contributed by atoms with Crippen molar-refractivity contribution in [3.63, 3.8) is 0 Å². The number of aromatic nitrogens is 2. The Balaban J connectivity index is 2.23. The van der Waals surface area contributed by atoms with Gasteiger partial charge in [-0.3, -0.25) is 0 Å². The van der Waals surface area contributed by atoms with Gasteiger partial charge in [0.25, 0.3) is 0 Å². The lowest BCUT2D eigenvalue weighted by Crippen LogP contribution is -2.43. The van der Waals surface area contributed by atoms with E-state index in [2.05, 4.69) is 43.5 Å². The number of benzene rings is 1. The highest BCUT2D eigenvalue weighted by Crippen LogP contribution is 2.33. The fraction of sp³-hybridized carbons (Fsp3) is 0.533. The molecule has 2 heterocycles. The highest BCUT2D eigenvalue weighted by molar-refractivity contribution is 5.77. The second-order valence-corrected chi connectivity index (χ2v) is 5.71. The molecule has 102 valence electrons. The minimum atomic E-state index is -0.192. The minimum absolute atomic E-state index is 0.00992. The first-order valence-corrected chi connectivity index (χ1v) is 6.87. The third-order valence-corrected chi connectivity index (χ3v) is 4.25. The number of aryl methyl sites for hydroxylation is 2. The summed E-state index contributed by atoms with van der Waals surface area (Å²) in [6.07, 6.45) is 0. The van der Waals surface area contributed by atoms with Gasteiger partial charge in [-0.25, -0.2) is 4.98 Å². The minimum Gasteiger partial charge on any atom is -0.379 e. The molecule has 1 fully saturated rings. The summed E-state index contributed by atoms with van der Waals surface area (Å²) in [4.78, 5) is 4.85. The average Bonchev–Trinajstić information content (AvgIpc) is 2.91. The Labute approximate surface area is 113 Å². The molecule has 1 aliphatic rings. The third-order valence-electron chi connectivity index (χ3n) is 4.25. The molecule has 0 saturated carbocycles. The van der Waals surface area contributed by atoms with Crippen LogP contribution >= 0.6 is 0 Å². The first-order valence-electron chi connectivity index (χ1n) is 6.87. The summed E-state index contributed by atoms with van der Waals surface area (Å²) in [5, 5.41) is 0. The number of imidazole rings is 1. The SMILES string of the molecule is CCn1c(C2(C)COCC2N)nc2cc(C)ccc21. The number of hydrogen-bond donors (Lipinski definition) is 1. The summed E-state index contributed by atoms with van der Waals surface area (Å²) in [5.74, 6) is 1.06. The van der Waals surface area contributed by atoms with Crippen LogP contribution in [-0.2, 0) is 16.7 Å². The predicted octanol–water partition coefficient (Wildman–Crippen LogP) is 1.98. The van der Waals surface area contributed by atoms with E-state index in [1.807, 2.05) is 0 Å². The second kappa shape index (κ2) is 4.32. The van der Waals surface area contributed by atoms with Crippen molar-refractivity contribution < 1.29 is 4.74 Å². The molecule has 1 aromatic carbocycles. The smallest absolute Gasteiger partial charge is 0.119 e. The summed E-state index contributed by atoms with van der Waals surface area (Å²) in [6, 6.07) is 6.43. The molecule has 0 radical (unpaired) electrons. The van der Waals surface area contributed by atoms with Crippen molar-refractivity contribution in [1.82, 2.24) is 9.55 Å². The van der Waals surface area contributed by atoms with E-state index >= 15 is 0 Å². The normalized spacial score (nSPS) is 27.3. The molecule has 0 amide bonds. The Bertz CT molecular complexity index is 619. The summed E-state index contributed by atoms with van der Waals surface area (Å²) in [5.41, 5.74) is 9.52. The molecule has 4 heteroatoms. The zero-order chi connectivity index (χ0) is 13.6. The van der Waals surface area contributed by atoms with Crippen LogP contribution in [0.3, 0.4) is 0 Å². The molecule has 1 saturated heterocycles. The molecular weight excluding hydrogens is 238 g/mol. The van der Waals surface area contributed by atoms with E-state index in [1.54, 1.807) is 0 Å². The molecule has 2 unspecified atom stereocenters. The summed E-state index contributed by atoms with van der Waals surface area (Å²) >= 11 is 0. The highest BCUT2D eigenvalue weighted by atomic mass is 16.5. The molecule has 2 aromatic rings. The fourth-order valence-corrected chi connectivity index (χ4v) is 2.92. The van der Waals surface area contributed by atoms with Crippen LogP contribution in [0.2, 0.25) is 0 Å². The van der Waals surface area contributed by atoms with Gasteiger partial charge in [0.15, 0.2) is 0 Å². The molecule has 2 N–H and O–H groups in total. The first kappa shape index (κ1) is 12.6. The van der Waals surface area contributed by atoms with Gasteiger partial charge in [-0.05, 0) is 38.5 Å². The van der Waals surface area contributed by atoms with Gasteiger partial charge in [0.05, 0.1) is 29.7 Å². The van der Waals surface area contributed by atoms with Crippen molar-refractivity contribution >= 4 is 11.0 Å². The lowest BCUT2D eigenvalue weighted by molar-refractivity contribution is 0.177. The van der Waals surface area contributed by atoms with Crippen LogP contribution in [0.4, 0.5) is 0 Å². The molecule has 3 rings (SSSR count). The molecule has 0 aliphatic carbocycles. The van der Waals surface area contributed by atoms with Crippen LogP contribution in [0.25, 0.3) is 11.0 Å². The van der Waals surface area contributed by atoms with E-state index in [4.69, 9.17) is 15.5 Å². The molecule has 2 atom stereocenters. The summed E-state index contributed by atoms with van der Waals surface area (Å²) in [6.45, 7) is 8.56. The second-order valence-electron chi connectivity index (χ2n) is 5.71. The Kier molecular flexibility index (Phi) is 2.87. The van der Waals surface area contributed by atoms with Gasteiger partial charge in [0.1, 0.15) is 5.82 Å². The standard InChI is InChI=1S/C15H21N3O/c1-4-18-12-6-5-10(2)7-11(12)17-14(18)15(3)9-19-8-13(15)16/h5-7,13H,4,8-9,16H2,1-3H3. The van der Waals surface area contributed by atoms with Crippen molar-refractivity contribution in [2.24, 2.45) is 5.73 Å². The largest absolute Gasteiger partial charge is 0.379 e. The van der Waals surface area contributed by atoms with Gasteiger partial charge < -0.3 is 15.0 Å². The van der Waals surface area contributed by atoms with Crippen molar-refractivity contribution in [2.75, 3.05) is 13.2 Å². The van der Waals surface area contributed by atoms with Crippen LogP contribution in [-0.4, -0.2) is 28.8 Å². The number of ether oxygens (including phenoxy) is 1. The van der Waals surface area contributed by atoms with Gasteiger partial charge in [-0.15, -0.1) is 0 Å². The van der Waals surface area contributed by atoms with Crippen LogP contribution in [0, 0.1) is 6.92 Å². The summed E-state index contributed by atoms with van der Waals surface area (Å²) < 4.78 is 7.83. The van der Waals surface area contributed by atoms with E-state index < -0.39 is 0 Å².